The molecule has 0 unspecified atom stereocenters. The summed E-state index contributed by atoms with van der Waals surface area (Å²) in [4.78, 5) is 22.7. The van der Waals surface area contributed by atoms with Crippen molar-refractivity contribution in [2.24, 2.45) is 0 Å². The number of nitro benzene ring substituents is 1. The highest BCUT2D eigenvalue weighted by Gasteiger charge is 2.26. The Morgan fingerprint density at radius 2 is 1.83 bits per heavy atom. The summed E-state index contributed by atoms with van der Waals surface area (Å²) in [6, 6.07) is 10.2. The first kappa shape index (κ1) is 22.0. The molecule has 0 radical (unpaired) electrons. The van der Waals surface area contributed by atoms with Gasteiger partial charge in [-0.05, 0) is 43.2 Å². The van der Waals surface area contributed by atoms with Crippen LogP contribution < -0.4 is 10.6 Å². The second kappa shape index (κ2) is 9.41. The zero-order valence-corrected chi connectivity index (χ0v) is 17.6. The van der Waals surface area contributed by atoms with Gasteiger partial charge in [0.25, 0.3) is 5.69 Å². The van der Waals surface area contributed by atoms with Crippen LogP contribution in [-0.4, -0.2) is 43.2 Å². The molecule has 0 aliphatic carbocycles. The Balaban J connectivity index is 1.64. The van der Waals surface area contributed by atoms with Crippen molar-refractivity contribution in [3.63, 3.8) is 0 Å². The fourth-order valence-corrected chi connectivity index (χ4v) is 4.89. The molecule has 1 amide bonds. The standard InChI is InChI=1S/C19H21ClN4O5S/c20-17-8-7-14(12-18(17)24(26)27)21-13-19(25)22-15-5-4-6-16(11-15)30(28,29)23-9-2-1-3-10-23/h4-8,11-12,21H,1-3,9-10,13H2,(H,22,25). The topological polar surface area (TPSA) is 122 Å². The number of benzene rings is 2. The Morgan fingerprint density at radius 3 is 2.53 bits per heavy atom. The molecule has 2 N–H and O–H groups in total. The van der Waals surface area contributed by atoms with Crippen LogP contribution in [0.1, 0.15) is 19.3 Å². The Bertz CT molecular complexity index is 1050. The van der Waals surface area contributed by atoms with Crippen LogP contribution >= 0.6 is 11.6 Å². The van der Waals surface area contributed by atoms with Crippen molar-refractivity contribution >= 4 is 44.6 Å². The first-order chi connectivity index (χ1) is 14.3. The minimum Gasteiger partial charge on any atom is -0.376 e. The van der Waals surface area contributed by atoms with Crippen molar-refractivity contribution < 1.29 is 18.1 Å². The summed E-state index contributed by atoms with van der Waals surface area (Å²) in [5.74, 6) is -0.430. The molecule has 1 saturated heterocycles. The lowest BCUT2D eigenvalue weighted by Crippen LogP contribution is -2.35. The monoisotopic (exact) mass is 452 g/mol. The van der Waals surface area contributed by atoms with Gasteiger partial charge in [-0.2, -0.15) is 4.31 Å². The molecule has 0 atom stereocenters. The number of carbonyl (C=O) groups is 1. The highest BCUT2D eigenvalue weighted by Crippen LogP contribution is 2.27. The number of anilines is 2. The molecular weight excluding hydrogens is 432 g/mol. The predicted molar refractivity (Wildman–Crippen MR) is 114 cm³/mol. The third-order valence-corrected chi connectivity index (χ3v) is 6.88. The fraction of sp³-hybridized carbons (Fsp3) is 0.316. The Morgan fingerprint density at radius 1 is 1.10 bits per heavy atom. The molecule has 1 aliphatic heterocycles. The van der Waals surface area contributed by atoms with E-state index >= 15 is 0 Å². The van der Waals surface area contributed by atoms with E-state index in [4.69, 9.17) is 11.6 Å². The summed E-state index contributed by atoms with van der Waals surface area (Å²) in [7, 11) is -3.60. The van der Waals surface area contributed by atoms with Gasteiger partial charge in [0.2, 0.25) is 15.9 Å². The van der Waals surface area contributed by atoms with Crippen LogP contribution in [0.4, 0.5) is 17.1 Å². The van der Waals surface area contributed by atoms with Gasteiger partial charge in [-0.3, -0.25) is 14.9 Å². The van der Waals surface area contributed by atoms with Gasteiger partial charge in [0.1, 0.15) is 5.02 Å². The van der Waals surface area contributed by atoms with E-state index in [0.717, 1.165) is 19.3 Å². The maximum atomic E-state index is 12.8. The molecule has 0 bridgehead atoms. The van der Waals surface area contributed by atoms with Crippen LogP contribution in [0.15, 0.2) is 47.4 Å². The van der Waals surface area contributed by atoms with Crippen LogP contribution in [-0.2, 0) is 14.8 Å². The van der Waals surface area contributed by atoms with Crippen molar-refractivity contribution in [1.29, 1.82) is 0 Å². The van der Waals surface area contributed by atoms with Gasteiger partial charge in [-0.25, -0.2) is 8.42 Å². The SMILES string of the molecule is O=C(CNc1ccc(Cl)c([N+](=O)[O-])c1)Nc1cccc(S(=O)(=O)N2CCCCC2)c1. The van der Waals surface area contributed by atoms with Gasteiger partial charge in [-0.1, -0.05) is 24.1 Å². The van der Waals surface area contributed by atoms with Crippen molar-refractivity contribution in [3.05, 3.63) is 57.6 Å². The number of rotatable bonds is 7. The van der Waals surface area contributed by atoms with Gasteiger partial charge in [0.05, 0.1) is 16.4 Å². The third-order valence-electron chi connectivity index (χ3n) is 4.67. The molecule has 2 aromatic rings. The summed E-state index contributed by atoms with van der Waals surface area (Å²) >= 11 is 5.77. The van der Waals surface area contributed by atoms with Crippen molar-refractivity contribution in [2.75, 3.05) is 30.3 Å². The molecule has 0 saturated carbocycles. The summed E-state index contributed by atoms with van der Waals surface area (Å²) in [5, 5.41) is 16.4. The first-order valence-corrected chi connectivity index (χ1v) is 11.2. The maximum absolute atomic E-state index is 12.8. The van der Waals surface area contributed by atoms with E-state index in [2.05, 4.69) is 10.6 Å². The number of hydrogen-bond donors (Lipinski definition) is 2. The van der Waals surface area contributed by atoms with Crippen molar-refractivity contribution in [2.45, 2.75) is 24.2 Å². The maximum Gasteiger partial charge on any atom is 0.289 e. The number of carbonyl (C=O) groups excluding carboxylic acids is 1. The van der Waals surface area contributed by atoms with Crippen LogP contribution in [0.5, 0.6) is 0 Å². The quantitative estimate of drug-likeness (QED) is 0.490. The van der Waals surface area contributed by atoms with E-state index in [1.54, 1.807) is 12.1 Å². The summed E-state index contributed by atoms with van der Waals surface area (Å²) < 4.78 is 27.0. The number of piperidine rings is 1. The number of hydrogen-bond acceptors (Lipinski definition) is 6. The highest BCUT2D eigenvalue weighted by molar-refractivity contribution is 7.89. The smallest absolute Gasteiger partial charge is 0.289 e. The van der Waals surface area contributed by atoms with E-state index in [0.29, 0.717) is 24.5 Å². The Kier molecular flexibility index (Phi) is 6.91. The van der Waals surface area contributed by atoms with E-state index < -0.39 is 20.9 Å². The van der Waals surface area contributed by atoms with Gasteiger partial charge in [-0.15, -0.1) is 0 Å². The number of nitro groups is 1. The molecule has 11 heteroatoms. The van der Waals surface area contributed by atoms with Gasteiger partial charge < -0.3 is 10.6 Å². The Hall–Kier alpha value is -2.69. The van der Waals surface area contributed by atoms with E-state index in [1.807, 2.05) is 0 Å². The number of nitrogens with one attached hydrogen (secondary N) is 2. The van der Waals surface area contributed by atoms with Crippen LogP contribution in [0.3, 0.4) is 0 Å². The van der Waals surface area contributed by atoms with E-state index in [-0.39, 0.29) is 22.2 Å². The number of nitrogens with zero attached hydrogens (tertiary/aromatic N) is 2. The number of halogens is 1. The van der Waals surface area contributed by atoms with E-state index in [1.165, 1.54) is 34.6 Å². The lowest BCUT2D eigenvalue weighted by molar-refractivity contribution is -0.384. The molecule has 30 heavy (non-hydrogen) atoms. The average molecular weight is 453 g/mol. The average Bonchev–Trinajstić information content (AvgIpc) is 2.74. The molecule has 9 nitrogen and oxygen atoms in total. The lowest BCUT2D eigenvalue weighted by Gasteiger charge is -2.26. The van der Waals surface area contributed by atoms with Crippen LogP contribution in [0.2, 0.25) is 5.02 Å². The van der Waals surface area contributed by atoms with Gasteiger partial charge in [0, 0.05) is 30.5 Å². The second-order valence-electron chi connectivity index (χ2n) is 6.82. The lowest BCUT2D eigenvalue weighted by atomic mass is 10.2. The zero-order chi connectivity index (χ0) is 21.7. The molecule has 2 aromatic carbocycles. The van der Waals surface area contributed by atoms with Crippen molar-refractivity contribution in [3.8, 4) is 0 Å². The van der Waals surface area contributed by atoms with E-state index in [9.17, 15) is 23.3 Å². The molecule has 0 aromatic heterocycles. The summed E-state index contributed by atoms with van der Waals surface area (Å²) in [6.07, 6.45) is 2.69. The van der Waals surface area contributed by atoms with Crippen molar-refractivity contribution in [1.82, 2.24) is 4.31 Å². The fourth-order valence-electron chi connectivity index (χ4n) is 3.14. The number of amides is 1. The molecule has 0 spiro atoms. The van der Waals surface area contributed by atoms with Gasteiger partial charge in [0.15, 0.2) is 0 Å². The number of sulfonamides is 1. The third kappa shape index (κ3) is 5.26. The predicted octanol–water partition coefficient (Wildman–Crippen LogP) is 3.47. The minimum absolute atomic E-state index is 0.00160. The molecule has 1 fully saturated rings. The Labute approximate surface area is 179 Å². The van der Waals surface area contributed by atoms with Gasteiger partial charge >= 0.3 is 0 Å². The molecule has 160 valence electrons. The zero-order valence-electron chi connectivity index (χ0n) is 16.0. The van der Waals surface area contributed by atoms with Crippen LogP contribution in [0.25, 0.3) is 0 Å². The van der Waals surface area contributed by atoms with Crippen LogP contribution in [0, 0.1) is 10.1 Å². The molecule has 3 rings (SSSR count). The molecular formula is C19H21ClN4O5S. The largest absolute Gasteiger partial charge is 0.376 e. The molecule has 1 heterocycles. The summed E-state index contributed by atoms with van der Waals surface area (Å²) in [5.41, 5.74) is 0.447. The summed E-state index contributed by atoms with van der Waals surface area (Å²) in [6.45, 7) is 0.827. The first-order valence-electron chi connectivity index (χ1n) is 9.35. The minimum atomic E-state index is -3.60. The second-order valence-corrected chi connectivity index (χ2v) is 9.16. The molecule has 1 aliphatic rings. The highest BCUT2D eigenvalue weighted by atomic mass is 35.5. The normalized spacial score (nSPS) is 14.8.